The maximum Gasteiger partial charge on any atom is 0.157 e. The molecule has 5 heteroatoms. The number of azo groups is 1. The quantitative estimate of drug-likeness (QED) is 0.603. The van der Waals surface area contributed by atoms with E-state index in [-0.39, 0.29) is 11.2 Å². The molecule has 2 aromatic rings. The molecule has 0 aliphatic rings. The summed E-state index contributed by atoms with van der Waals surface area (Å²) in [4.78, 5) is 0. The van der Waals surface area contributed by atoms with Crippen LogP contribution < -0.4 is 0 Å². The number of phenols is 1. The summed E-state index contributed by atoms with van der Waals surface area (Å²) in [5.41, 5.74) is 2.14. The zero-order valence-electron chi connectivity index (χ0n) is 12.1. The van der Waals surface area contributed by atoms with E-state index in [9.17, 15) is 5.11 Å². The Hall–Kier alpha value is -1.39. The van der Waals surface area contributed by atoms with Crippen LogP contribution in [0.3, 0.4) is 0 Å². The molecule has 3 nitrogen and oxygen atoms in total. The summed E-state index contributed by atoms with van der Waals surface area (Å²) in [5, 5.41) is 19.0. The highest BCUT2D eigenvalue weighted by Crippen LogP contribution is 2.39. The van der Waals surface area contributed by atoms with Crippen molar-refractivity contribution in [3.8, 4) is 5.75 Å². The number of phenolic OH excluding ortho intramolecular Hbond substituents is 1. The Balaban J connectivity index is 2.39. The Morgan fingerprint density at radius 2 is 1.67 bits per heavy atom. The number of benzene rings is 2. The van der Waals surface area contributed by atoms with Gasteiger partial charge >= 0.3 is 0 Å². The van der Waals surface area contributed by atoms with E-state index in [0.717, 1.165) is 5.56 Å². The molecule has 0 saturated heterocycles. The zero-order chi connectivity index (χ0) is 15.6. The van der Waals surface area contributed by atoms with Crippen LogP contribution in [0, 0.1) is 0 Å². The SMILES string of the molecule is CC(C)(C)c1cc(Br)c(O)c(N=Nc2ccc(Cl)cc2)c1. The first-order valence-electron chi connectivity index (χ1n) is 6.47. The van der Waals surface area contributed by atoms with Gasteiger partial charge in [-0.05, 0) is 63.3 Å². The molecule has 0 heterocycles. The van der Waals surface area contributed by atoms with Crippen LogP contribution in [0.2, 0.25) is 5.02 Å². The minimum absolute atomic E-state index is 0.0409. The molecular formula is C16H16BrClN2O. The number of hydrogen-bond acceptors (Lipinski definition) is 3. The molecular weight excluding hydrogens is 352 g/mol. The third-order valence-corrected chi connectivity index (χ3v) is 3.87. The monoisotopic (exact) mass is 366 g/mol. The van der Waals surface area contributed by atoms with Crippen molar-refractivity contribution >= 4 is 38.9 Å². The van der Waals surface area contributed by atoms with Crippen molar-refractivity contribution in [2.75, 3.05) is 0 Å². The summed E-state index contributed by atoms with van der Waals surface area (Å²) >= 11 is 9.18. The van der Waals surface area contributed by atoms with E-state index in [1.165, 1.54) is 0 Å². The molecule has 0 atom stereocenters. The van der Waals surface area contributed by atoms with E-state index >= 15 is 0 Å². The summed E-state index contributed by atoms with van der Waals surface area (Å²) < 4.78 is 0.611. The maximum absolute atomic E-state index is 10.1. The zero-order valence-corrected chi connectivity index (χ0v) is 14.4. The maximum atomic E-state index is 10.1. The van der Waals surface area contributed by atoms with Crippen LogP contribution in [0.25, 0.3) is 0 Å². The Morgan fingerprint density at radius 3 is 2.24 bits per heavy atom. The third kappa shape index (κ3) is 4.05. The van der Waals surface area contributed by atoms with E-state index in [4.69, 9.17) is 11.6 Å². The van der Waals surface area contributed by atoms with Gasteiger partial charge in [-0.3, -0.25) is 0 Å². The smallest absolute Gasteiger partial charge is 0.157 e. The minimum atomic E-state index is -0.0409. The second-order valence-corrected chi connectivity index (χ2v) is 7.04. The van der Waals surface area contributed by atoms with Crippen LogP contribution in [0.5, 0.6) is 5.75 Å². The second kappa shape index (κ2) is 6.16. The Labute approximate surface area is 137 Å². The first kappa shape index (κ1) is 16.0. The van der Waals surface area contributed by atoms with Crippen molar-refractivity contribution in [1.29, 1.82) is 0 Å². The lowest BCUT2D eigenvalue weighted by Gasteiger charge is -2.20. The Bertz CT molecular complexity index is 676. The fourth-order valence-corrected chi connectivity index (χ4v) is 2.29. The van der Waals surface area contributed by atoms with Crippen LogP contribution in [-0.2, 0) is 5.41 Å². The third-order valence-electron chi connectivity index (χ3n) is 3.01. The van der Waals surface area contributed by atoms with Gasteiger partial charge in [0.15, 0.2) is 5.75 Å². The molecule has 2 rings (SSSR count). The number of aromatic hydroxyl groups is 1. The van der Waals surface area contributed by atoms with Crippen molar-refractivity contribution in [1.82, 2.24) is 0 Å². The molecule has 0 saturated carbocycles. The number of nitrogens with zero attached hydrogens (tertiary/aromatic N) is 2. The van der Waals surface area contributed by atoms with Crippen LogP contribution in [0.1, 0.15) is 26.3 Å². The highest BCUT2D eigenvalue weighted by molar-refractivity contribution is 9.10. The van der Waals surface area contributed by atoms with E-state index in [2.05, 4.69) is 46.9 Å². The van der Waals surface area contributed by atoms with Gasteiger partial charge in [0.05, 0.1) is 10.2 Å². The number of hydrogen-bond donors (Lipinski definition) is 1. The predicted molar refractivity (Wildman–Crippen MR) is 90.1 cm³/mol. The molecule has 0 bridgehead atoms. The van der Waals surface area contributed by atoms with Crippen LogP contribution in [0.15, 0.2) is 51.1 Å². The molecule has 0 fully saturated rings. The minimum Gasteiger partial charge on any atom is -0.505 e. The van der Waals surface area contributed by atoms with Crippen LogP contribution in [0.4, 0.5) is 11.4 Å². The molecule has 0 amide bonds. The van der Waals surface area contributed by atoms with Gasteiger partial charge < -0.3 is 5.11 Å². The molecule has 110 valence electrons. The van der Waals surface area contributed by atoms with Gasteiger partial charge in [0.25, 0.3) is 0 Å². The average molecular weight is 368 g/mol. The molecule has 1 N–H and O–H groups in total. The normalized spacial score (nSPS) is 12.0. The molecule has 0 unspecified atom stereocenters. The molecule has 21 heavy (non-hydrogen) atoms. The first-order chi connectivity index (χ1) is 9.77. The van der Waals surface area contributed by atoms with Crippen molar-refractivity contribution in [2.24, 2.45) is 10.2 Å². The van der Waals surface area contributed by atoms with Crippen LogP contribution in [-0.4, -0.2) is 5.11 Å². The number of halogens is 2. The van der Waals surface area contributed by atoms with Gasteiger partial charge in [-0.15, -0.1) is 5.11 Å². The molecule has 2 aromatic carbocycles. The van der Waals surface area contributed by atoms with E-state index in [1.54, 1.807) is 24.3 Å². The first-order valence-corrected chi connectivity index (χ1v) is 7.65. The van der Waals surface area contributed by atoms with E-state index in [1.807, 2.05) is 12.1 Å². The largest absolute Gasteiger partial charge is 0.505 e. The summed E-state index contributed by atoms with van der Waals surface area (Å²) in [6.07, 6.45) is 0. The van der Waals surface area contributed by atoms with Crippen LogP contribution >= 0.6 is 27.5 Å². The van der Waals surface area contributed by atoms with Gasteiger partial charge in [0.1, 0.15) is 5.69 Å². The lowest BCUT2D eigenvalue weighted by Crippen LogP contribution is -2.10. The Kier molecular flexibility index (Phi) is 4.69. The fourth-order valence-electron chi connectivity index (χ4n) is 1.71. The Morgan fingerprint density at radius 1 is 1.05 bits per heavy atom. The standard InChI is InChI=1S/C16H16BrClN2O/c1-16(2,3)10-8-13(17)15(21)14(9-10)20-19-12-6-4-11(18)5-7-12/h4-9,21H,1-3H3. The fraction of sp³-hybridized carbons (Fsp3) is 0.250. The van der Waals surface area contributed by atoms with Gasteiger partial charge in [0.2, 0.25) is 0 Å². The summed E-state index contributed by atoms with van der Waals surface area (Å²) in [5.74, 6) is 0.0840. The van der Waals surface area contributed by atoms with Gasteiger partial charge in [0, 0.05) is 5.02 Å². The second-order valence-electron chi connectivity index (χ2n) is 5.75. The molecule has 0 aliphatic carbocycles. The van der Waals surface area contributed by atoms with E-state index < -0.39 is 0 Å². The van der Waals surface area contributed by atoms with E-state index in [0.29, 0.717) is 20.9 Å². The summed E-state index contributed by atoms with van der Waals surface area (Å²) in [6, 6.07) is 10.8. The highest BCUT2D eigenvalue weighted by atomic mass is 79.9. The van der Waals surface area contributed by atoms with Gasteiger partial charge in [-0.1, -0.05) is 32.4 Å². The highest BCUT2D eigenvalue weighted by Gasteiger charge is 2.17. The van der Waals surface area contributed by atoms with Crippen molar-refractivity contribution in [3.63, 3.8) is 0 Å². The molecule has 0 aromatic heterocycles. The van der Waals surface area contributed by atoms with Gasteiger partial charge in [-0.25, -0.2) is 0 Å². The number of rotatable bonds is 2. The predicted octanol–water partition coefficient (Wildman–Crippen LogP) is 6.52. The van der Waals surface area contributed by atoms with Crippen molar-refractivity contribution in [2.45, 2.75) is 26.2 Å². The molecule has 0 spiro atoms. The topological polar surface area (TPSA) is 45.0 Å². The summed E-state index contributed by atoms with van der Waals surface area (Å²) in [7, 11) is 0. The van der Waals surface area contributed by atoms with Crippen molar-refractivity contribution < 1.29 is 5.11 Å². The lowest BCUT2D eigenvalue weighted by molar-refractivity contribution is 0.471. The average Bonchev–Trinajstić information content (AvgIpc) is 2.41. The lowest BCUT2D eigenvalue weighted by atomic mass is 9.87. The molecule has 0 aliphatic heterocycles. The van der Waals surface area contributed by atoms with Crippen molar-refractivity contribution in [3.05, 3.63) is 51.5 Å². The van der Waals surface area contributed by atoms with Gasteiger partial charge in [-0.2, -0.15) is 5.11 Å². The summed E-state index contributed by atoms with van der Waals surface area (Å²) in [6.45, 7) is 6.31. The molecule has 0 radical (unpaired) electrons.